The maximum absolute atomic E-state index is 10.6. The van der Waals surface area contributed by atoms with Gasteiger partial charge in [0.1, 0.15) is 0 Å². The van der Waals surface area contributed by atoms with Gasteiger partial charge < -0.3 is 4.90 Å². The monoisotopic (exact) mass is 155 g/mol. The molecule has 0 bridgehead atoms. The molecule has 0 spiro atoms. The third-order valence-corrected chi connectivity index (χ3v) is 2.42. The van der Waals surface area contributed by atoms with E-state index in [1.165, 1.54) is 19.3 Å². The molecule has 11 heavy (non-hydrogen) atoms. The number of likely N-dealkylation sites (tertiary alicyclic amines) is 1. The van der Waals surface area contributed by atoms with Crippen LogP contribution in [0.25, 0.3) is 0 Å². The average molecular weight is 155 g/mol. The molecule has 64 valence electrons. The van der Waals surface area contributed by atoms with Crippen LogP contribution < -0.4 is 0 Å². The maximum atomic E-state index is 10.6. The van der Waals surface area contributed by atoms with E-state index >= 15 is 0 Å². The number of amides is 1. The highest BCUT2D eigenvalue weighted by molar-refractivity contribution is 5.48. The van der Waals surface area contributed by atoms with Gasteiger partial charge in [0.2, 0.25) is 6.41 Å². The first kappa shape index (κ1) is 8.57. The van der Waals surface area contributed by atoms with Crippen molar-refractivity contribution in [3.63, 3.8) is 0 Å². The lowest BCUT2D eigenvalue weighted by atomic mass is 10.0. The first-order valence-corrected chi connectivity index (χ1v) is 4.49. The van der Waals surface area contributed by atoms with Crippen molar-refractivity contribution in [1.29, 1.82) is 0 Å². The van der Waals surface area contributed by atoms with Crippen molar-refractivity contribution in [3.8, 4) is 0 Å². The van der Waals surface area contributed by atoms with E-state index in [9.17, 15) is 4.79 Å². The topological polar surface area (TPSA) is 20.3 Å². The molecule has 0 aromatic heterocycles. The van der Waals surface area contributed by atoms with Gasteiger partial charge in [0, 0.05) is 12.6 Å². The molecule has 0 aromatic rings. The second-order valence-corrected chi connectivity index (χ2v) is 3.59. The molecule has 1 fully saturated rings. The Hall–Kier alpha value is -0.530. The fourth-order valence-corrected chi connectivity index (χ4v) is 1.93. The van der Waals surface area contributed by atoms with E-state index in [4.69, 9.17) is 0 Å². The third kappa shape index (κ3) is 1.95. The van der Waals surface area contributed by atoms with Crippen LogP contribution in [-0.2, 0) is 4.79 Å². The van der Waals surface area contributed by atoms with Crippen LogP contribution in [0.5, 0.6) is 0 Å². The molecule has 1 heterocycles. The Morgan fingerprint density at radius 2 is 2.36 bits per heavy atom. The van der Waals surface area contributed by atoms with Crippen molar-refractivity contribution in [2.24, 2.45) is 5.92 Å². The van der Waals surface area contributed by atoms with Crippen LogP contribution >= 0.6 is 0 Å². The summed E-state index contributed by atoms with van der Waals surface area (Å²) in [6, 6.07) is 0.535. The molecular weight excluding hydrogens is 138 g/mol. The van der Waals surface area contributed by atoms with Crippen molar-refractivity contribution >= 4 is 6.41 Å². The number of hydrogen-bond donors (Lipinski definition) is 0. The first-order chi connectivity index (χ1) is 5.27. The van der Waals surface area contributed by atoms with Crippen LogP contribution in [0.4, 0.5) is 0 Å². The molecule has 2 atom stereocenters. The van der Waals surface area contributed by atoms with E-state index < -0.39 is 0 Å². The number of nitrogens with zero attached hydrogens (tertiary/aromatic N) is 1. The molecule has 2 nitrogen and oxygen atoms in total. The molecule has 1 amide bonds. The predicted octanol–water partition coefficient (Wildman–Crippen LogP) is 1.65. The summed E-state index contributed by atoms with van der Waals surface area (Å²) in [6.45, 7) is 5.35. The van der Waals surface area contributed by atoms with Gasteiger partial charge in [0.05, 0.1) is 0 Å². The van der Waals surface area contributed by atoms with Crippen LogP contribution in [0.1, 0.15) is 33.1 Å². The lowest BCUT2D eigenvalue weighted by Gasteiger charge is -2.18. The molecule has 1 aliphatic heterocycles. The molecule has 2 heteroatoms. The summed E-state index contributed by atoms with van der Waals surface area (Å²) in [5.41, 5.74) is 0. The summed E-state index contributed by atoms with van der Waals surface area (Å²) in [5, 5.41) is 0. The molecule has 0 aromatic carbocycles. The van der Waals surface area contributed by atoms with Crippen molar-refractivity contribution in [2.75, 3.05) is 6.54 Å². The Balaban J connectivity index is 2.43. The van der Waals surface area contributed by atoms with E-state index in [2.05, 4.69) is 13.8 Å². The average Bonchev–Trinajstić information content (AvgIpc) is 2.32. The van der Waals surface area contributed by atoms with Gasteiger partial charge in [0.25, 0.3) is 0 Å². The van der Waals surface area contributed by atoms with E-state index in [0.717, 1.165) is 13.0 Å². The van der Waals surface area contributed by atoms with Crippen molar-refractivity contribution in [2.45, 2.75) is 39.2 Å². The van der Waals surface area contributed by atoms with Crippen molar-refractivity contribution in [1.82, 2.24) is 4.90 Å². The summed E-state index contributed by atoms with van der Waals surface area (Å²) in [7, 11) is 0. The Morgan fingerprint density at radius 1 is 1.64 bits per heavy atom. The normalized spacial score (nSPS) is 30.9. The molecule has 2 unspecified atom stereocenters. The van der Waals surface area contributed by atoms with Gasteiger partial charge in [-0.15, -0.1) is 0 Å². The Labute approximate surface area is 68.6 Å². The molecular formula is C9H17NO. The number of carbonyl (C=O) groups is 1. The van der Waals surface area contributed by atoms with Crippen LogP contribution in [0.2, 0.25) is 0 Å². The second kappa shape index (κ2) is 3.74. The number of rotatable bonds is 3. The van der Waals surface area contributed by atoms with E-state index in [-0.39, 0.29) is 0 Å². The van der Waals surface area contributed by atoms with E-state index in [1.807, 2.05) is 4.90 Å². The van der Waals surface area contributed by atoms with E-state index in [1.54, 1.807) is 0 Å². The third-order valence-electron chi connectivity index (χ3n) is 2.42. The predicted molar refractivity (Wildman–Crippen MR) is 45.2 cm³/mol. The molecule has 0 radical (unpaired) electrons. The lowest BCUT2D eigenvalue weighted by molar-refractivity contribution is -0.119. The minimum atomic E-state index is 0.535. The van der Waals surface area contributed by atoms with Gasteiger partial charge in [-0.3, -0.25) is 4.79 Å². The SMILES string of the molecule is CCCC1CC(C)CN1C=O. The summed E-state index contributed by atoms with van der Waals surface area (Å²) >= 11 is 0. The summed E-state index contributed by atoms with van der Waals surface area (Å²) in [5.74, 6) is 0.705. The summed E-state index contributed by atoms with van der Waals surface area (Å²) in [6.07, 6.45) is 4.56. The van der Waals surface area contributed by atoms with Gasteiger partial charge in [-0.05, 0) is 18.8 Å². The molecule has 1 aliphatic rings. The van der Waals surface area contributed by atoms with Gasteiger partial charge in [0.15, 0.2) is 0 Å². The highest BCUT2D eigenvalue weighted by Gasteiger charge is 2.26. The van der Waals surface area contributed by atoms with Gasteiger partial charge in [-0.25, -0.2) is 0 Å². The number of carbonyl (C=O) groups excluding carboxylic acids is 1. The molecule has 0 saturated carbocycles. The van der Waals surface area contributed by atoms with Crippen molar-refractivity contribution in [3.05, 3.63) is 0 Å². The smallest absolute Gasteiger partial charge is 0.209 e. The standard InChI is InChI=1S/C9H17NO/c1-3-4-9-5-8(2)6-10(9)7-11/h7-9H,3-6H2,1-2H3. The fraction of sp³-hybridized carbons (Fsp3) is 0.889. The zero-order valence-electron chi connectivity index (χ0n) is 7.42. The highest BCUT2D eigenvalue weighted by Crippen LogP contribution is 2.24. The van der Waals surface area contributed by atoms with Crippen LogP contribution in [0, 0.1) is 5.92 Å². The van der Waals surface area contributed by atoms with Crippen molar-refractivity contribution < 1.29 is 4.79 Å². The Bertz CT molecular complexity index is 136. The number of hydrogen-bond acceptors (Lipinski definition) is 1. The first-order valence-electron chi connectivity index (χ1n) is 4.49. The zero-order chi connectivity index (χ0) is 8.27. The van der Waals surface area contributed by atoms with Crippen LogP contribution in [0.15, 0.2) is 0 Å². The summed E-state index contributed by atoms with van der Waals surface area (Å²) in [4.78, 5) is 12.5. The lowest BCUT2D eigenvalue weighted by Crippen LogP contribution is -2.27. The highest BCUT2D eigenvalue weighted by atomic mass is 16.1. The molecule has 1 rings (SSSR count). The molecule has 1 saturated heterocycles. The zero-order valence-corrected chi connectivity index (χ0v) is 7.42. The van der Waals surface area contributed by atoms with Gasteiger partial charge in [-0.1, -0.05) is 20.3 Å². The van der Waals surface area contributed by atoms with Crippen LogP contribution in [-0.4, -0.2) is 23.9 Å². The second-order valence-electron chi connectivity index (χ2n) is 3.59. The fourth-order valence-electron chi connectivity index (χ4n) is 1.93. The minimum Gasteiger partial charge on any atom is -0.342 e. The van der Waals surface area contributed by atoms with Crippen LogP contribution in [0.3, 0.4) is 0 Å². The molecule has 0 N–H and O–H groups in total. The Morgan fingerprint density at radius 3 is 2.91 bits per heavy atom. The minimum absolute atomic E-state index is 0.535. The summed E-state index contributed by atoms with van der Waals surface area (Å²) < 4.78 is 0. The van der Waals surface area contributed by atoms with E-state index in [0.29, 0.717) is 12.0 Å². The molecule has 0 aliphatic carbocycles. The van der Waals surface area contributed by atoms with Gasteiger partial charge in [-0.2, -0.15) is 0 Å². The quantitative estimate of drug-likeness (QED) is 0.567. The maximum Gasteiger partial charge on any atom is 0.209 e. The largest absolute Gasteiger partial charge is 0.342 e. The van der Waals surface area contributed by atoms with Gasteiger partial charge >= 0.3 is 0 Å². The Kier molecular flexibility index (Phi) is 2.92.